The summed E-state index contributed by atoms with van der Waals surface area (Å²) in [4.78, 5) is 2.58. The lowest BCUT2D eigenvalue weighted by atomic mass is 10.2. The summed E-state index contributed by atoms with van der Waals surface area (Å²) in [5.74, 6) is 0. The fourth-order valence-corrected chi connectivity index (χ4v) is 2.63. The fraction of sp³-hybridized carbons (Fsp3) is 0.636. The second-order valence-electron chi connectivity index (χ2n) is 3.97. The van der Waals surface area contributed by atoms with Crippen LogP contribution in [0.4, 0.5) is 0 Å². The normalized spacial score (nSPS) is 23.9. The Bertz CT molecular complexity index is 258. The van der Waals surface area contributed by atoms with Crippen molar-refractivity contribution < 1.29 is 0 Å². The van der Waals surface area contributed by atoms with Gasteiger partial charge in [-0.1, -0.05) is 0 Å². The van der Waals surface area contributed by atoms with Crippen LogP contribution in [0.5, 0.6) is 0 Å². The van der Waals surface area contributed by atoms with Gasteiger partial charge in [0.1, 0.15) is 0 Å². The van der Waals surface area contributed by atoms with Crippen molar-refractivity contribution in [3.8, 4) is 0 Å². The van der Waals surface area contributed by atoms with E-state index < -0.39 is 0 Å². The number of rotatable bonds is 3. The Morgan fingerprint density at radius 3 is 3.29 bits per heavy atom. The van der Waals surface area contributed by atoms with Crippen LogP contribution in [-0.2, 0) is 6.42 Å². The van der Waals surface area contributed by atoms with Crippen LogP contribution >= 0.6 is 11.3 Å². The SMILES string of the molecule is C[C@@H]1CNCCN1CCc1ccsc1. The second kappa shape index (κ2) is 4.91. The van der Waals surface area contributed by atoms with E-state index in [4.69, 9.17) is 0 Å². The summed E-state index contributed by atoms with van der Waals surface area (Å²) in [7, 11) is 0. The molecule has 0 spiro atoms. The molecule has 1 saturated heterocycles. The Kier molecular flexibility index (Phi) is 3.56. The average molecular weight is 210 g/mol. The van der Waals surface area contributed by atoms with Gasteiger partial charge in [-0.05, 0) is 35.7 Å². The van der Waals surface area contributed by atoms with Crippen LogP contribution in [0.3, 0.4) is 0 Å². The maximum absolute atomic E-state index is 3.42. The van der Waals surface area contributed by atoms with Gasteiger partial charge in [0.25, 0.3) is 0 Å². The van der Waals surface area contributed by atoms with Crippen molar-refractivity contribution in [3.63, 3.8) is 0 Å². The van der Waals surface area contributed by atoms with Crippen molar-refractivity contribution in [3.05, 3.63) is 22.4 Å². The standard InChI is InChI=1S/C11H18N2S/c1-10-8-12-4-6-13(10)5-2-11-3-7-14-9-11/h3,7,9-10,12H,2,4-6,8H2,1H3/t10-/m1/s1. The van der Waals surface area contributed by atoms with Crippen molar-refractivity contribution in [1.29, 1.82) is 0 Å². The van der Waals surface area contributed by atoms with Crippen LogP contribution in [0.1, 0.15) is 12.5 Å². The zero-order valence-electron chi connectivity index (χ0n) is 8.70. The molecule has 0 unspecified atom stereocenters. The predicted octanol–water partition coefficient (Wildman–Crippen LogP) is 1.58. The smallest absolute Gasteiger partial charge is 0.0193 e. The number of piperazine rings is 1. The molecule has 1 aromatic rings. The van der Waals surface area contributed by atoms with Gasteiger partial charge in [0.15, 0.2) is 0 Å². The van der Waals surface area contributed by atoms with Crippen LogP contribution in [0.2, 0.25) is 0 Å². The molecule has 14 heavy (non-hydrogen) atoms. The van der Waals surface area contributed by atoms with Crippen molar-refractivity contribution in [1.82, 2.24) is 10.2 Å². The molecule has 0 aromatic carbocycles. The van der Waals surface area contributed by atoms with E-state index in [1.807, 2.05) is 0 Å². The third-order valence-electron chi connectivity index (χ3n) is 2.91. The first-order valence-electron chi connectivity index (χ1n) is 5.32. The van der Waals surface area contributed by atoms with Gasteiger partial charge in [0.2, 0.25) is 0 Å². The predicted molar refractivity (Wildman–Crippen MR) is 61.9 cm³/mol. The van der Waals surface area contributed by atoms with Crippen LogP contribution in [0, 0.1) is 0 Å². The fourth-order valence-electron chi connectivity index (χ4n) is 1.92. The summed E-state index contributed by atoms with van der Waals surface area (Å²) >= 11 is 1.80. The quantitative estimate of drug-likeness (QED) is 0.815. The number of thiophene rings is 1. The lowest BCUT2D eigenvalue weighted by Gasteiger charge is -2.33. The third-order valence-corrected chi connectivity index (χ3v) is 3.64. The lowest BCUT2D eigenvalue weighted by Crippen LogP contribution is -2.50. The number of hydrogen-bond acceptors (Lipinski definition) is 3. The van der Waals surface area contributed by atoms with Gasteiger partial charge in [-0.25, -0.2) is 0 Å². The Hall–Kier alpha value is -0.380. The molecule has 1 fully saturated rings. The highest BCUT2D eigenvalue weighted by atomic mass is 32.1. The van der Waals surface area contributed by atoms with E-state index in [0.29, 0.717) is 6.04 Å². The molecule has 78 valence electrons. The number of hydrogen-bond donors (Lipinski definition) is 1. The number of nitrogens with one attached hydrogen (secondary N) is 1. The Balaban J connectivity index is 1.79. The first kappa shape index (κ1) is 10.1. The topological polar surface area (TPSA) is 15.3 Å². The van der Waals surface area contributed by atoms with E-state index >= 15 is 0 Å². The van der Waals surface area contributed by atoms with Gasteiger partial charge < -0.3 is 5.32 Å². The summed E-state index contributed by atoms with van der Waals surface area (Å²) in [6, 6.07) is 2.93. The first-order valence-corrected chi connectivity index (χ1v) is 6.26. The molecule has 1 aliphatic rings. The summed E-state index contributed by atoms with van der Waals surface area (Å²) in [6.07, 6.45) is 1.20. The van der Waals surface area contributed by atoms with Gasteiger partial charge in [-0.15, -0.1) is 0 Å². The van der Waals surface area contributed by atoms with Crippen LogP contribution in [0.25, 0.3) is 0 Å². The monoisotopic (exact) mass is 210 g/mol. The molecular formula is C11H18N2S. The molecule has 0 aliphatic carbocycles. The van der Waals surface area contributed by atoms with E-state index in [-0.39, 0.29) is 0 Å². The van der Waals surface area contributed by atoms with Gasteiger partial charge in [0, 0.05) is 32.2 Å². The third kappa shape index (κ3) is 2.56. The van der Waals surface area contributed by atoms with Crippen LogP contribution < -0.4 is 5.32 Å². The van der Waals surface area contributed by atoms with E-state index in [1.165, 1.54) is 25.1 Å². The molecule has 0 bridgehead atoms. The molecule has 1 aliphatic heterocycles. The molecule has 2 heterocycles. The van der Waals surface area contributed by atoms with Gasteiger partial charge in [-0.3, -0.25) is 4.90 Å². The molecule has 3 heteroatoms. The summed E-state index contributed by atoms with van der Waals surface area (Å²) in [6.45, 7) is 7.00. The Morgan fingerprint density at radius 1 is 1.64 bits per heavy atom. The van der Waals surface area contributed by atoms with Crippen molar-refractivity contribution >= 4 is 11.3 Å². The van der Waals surface area contributed by atoms with E-state index in [1.54, 1.807) is 11.3 Å². The van der Waals surface area contributed by atoms with Crippen molar-refractivity contribution in [2.45, 2.75) is 19.4 Å². The minimum absolute atomic E-state index is 0.697. The molecule has 0 amide bonds. The van der Waals surface area contributed by atoms with E-state index in [2.05, 4.69) is 34.0 Å². The largest absolute Gasteiger partial charge is 0.314 e. The Morgan fingerprint density at radius 2 is 2.57 bits per heavy atom. The molecule has 1 N–H and O–H groups in total. The minimum atomic E-state index is 0.697. The van der Waals surface area contributed by atoms with Crippen LogP contribution in [0.15, 0.2) is 16.8 Å². The summed E-state index contributed by atoms with van der Waals surface area (Å²) in [5, 5.41) is 7.84. The first-order chi connectivity index (χ1) is 6.86. The second-order valence-corrected chi connectivity index (χ2v) is 4.75. The van der Waals surface area contributed by atoms with Crippen LogP contribution in [-0.4, -0.2) is 37.1 Å². The maximum Gasteiger partial charge on any atom is 0.0193 e. The molecule has 2 nitrogen and oxygen atoms in total. The van der Waals surface area contributed by atoms with E-state index in [0.717, 1.165) is 13.1 Å². The number of nitrogens with zero attached hydrogens (tertiary/aromatic N) is 1. The average Bonchev–Trinajstić information content (AvgIpc) is 2.69. The highest BCUT2D eigenvalue weighted by Gasteiger charge is 2.16. The van der Waals surface area contributed by atoms with Gasteiger partial charge in [0.05, 0.1) is 0 Å². The van der Waals surface area contributed by atoms with E-state index in [9.17, 15) is 0 Å². The van der Waals surface area contributed by atoms with Gasteiger partial charge >= 0.3 is 0 Å². The maximum atomic E-state index is 3.42. The minimum Gasteiger partial charge on any atom is -0.314 e. The molecule has 1 aromatic heterocycles. The van der Waals surface area contributed by atoms with Crippen molar-refractivity contribution in [2.24, 2.45) is 0 Å². The Labute approximate surface area is 89.9 Å². The highest BCUT2D eigenvalue weighted by molar-refractivity contribution is 7.07. The van der Waals surface area contributed by atoms with Crippen molar-refractivity contribution in [2.75, 3.05) is 26.2 Å². The summed E-state index contributed by atoms with van der Waals surface area (Å²) < 4.78 is 0. The summed E-state index contributed by atoms with van der Waals surface area (Å²) in [5.41, 5.74) is 1.49. The van der Waals surface area contributed by atoms with Gasteiger partial charge in [-0.2, -0.15) is 11.3 Å². The zero-order valence-corrected chi connectivity index (χ0v) is 9.52. The zero-order chi connectivity index (χ0) is 9.80. The molecule has 0 radical (unpaired) electrons. The molecule has 0 saturated carbocycles. The lowest BCUT2D eigenvalue weighted by molar-refractivity contribution is 0.176. The molecular weight excluding hydrogens is 192 g/mol. The molecule has 2 rings (SSSR count). The highest BCUT2D eigenvalue weighted by Crippen LogP contribution is 2.09. The molecule has 1 atom stereocenters.